The maximum absolute atomic E-state index is 11.1. The highest BCUT2D eigenvalue weighted by molar-refractivity contribution is 7.98. The van der Waals surface area contributed by atoms with Crippen molar-refractivity contribution in [1.82, 2.24) is 5.32 Å². The van der Waals surface area contributed by atoms with Gasteiger partial charge in [-0.15, -0.1) is 11.6 Å². The zero-order valence-electron chi connectivity index (χ0n) is 7.60. The van der Waals surface area contributed by atoms with Crippen LogP contribution in [0.1, 0.15) is 19.8 Å². The molecule has 0 saturated carbocycles. The van der Waals surface area contributed by atoms with Gasteiger partial charge in [-0.3, -0.25) is 4.79 Å². The highest BCUT2D eigenvalue weighted by atomic mass is 35.5. The molecular formula is C8H16ClNOS. The van der Waals surface area contributed by atoms with Gasteiger partial charge in [-0.25, -0.2) is 0 Å². The van der Waals surface area contributed by atoms with Gasteiger partial charge in [0, 0.05) is 24.1 Å². The molecule has 0 aromatic carbocycles. The van der Waals surface area contributed by atoms with Crippen molar-refractivity contribution >= 4 is 29.3 Å². The summed E-state index contributed by atoms with van der Waals surface area (Å²) in [6.45, 7) is 2.02. The number of nitrogens with one attached hydrogen (secondary N) is 1. The Morgan fingerprint density at radius 2 is 2.33 bits per heavy atom. The van der Waals surface area contributed by atoms with Gasteiger partial charge in [-0.1, -0.05) is 6.92 Å². The Bertz CT molecular complexity index is 128. The normalized spacial score (nSPS) is 12.6. The number of amides is 1. The van der Waals surface area contributed by atoms with Crippen LogP contribution in [-0.2, 0) is 4.79 Å². The van der Waals surface area contributed by atoms with Crippen LogP contribution in [0.2, 0.25) is 0 Å². The molecule has 72 valence electrons. The number of thioether (sulfide) groups is 1. The number of halogens is 1. The van der Waals surface area contributed by atoms with E-state index in [1.807, 2.05) is 13.2 Å². The van der Waals surface area contributed by atoms with E-state index < -0.39 is 0 Å². The fourth-order valence-electron chi connectivity index (χ4n) is 0.744. The predicted molar refractivity (Wildman–Crippen MR) is 55.9 cm³/mol. The summed E-state index contributed by atoms with van der Waals surface area (Å²) in [4.78, 5) is 11.1. The second kappa shape index (κ2) is 7.74. The first-order valence-corrected chi connectivity index (χ1v) is 6.01. The summed E-state index contributed by atoms with van der Waals surface area (Å²) in [6.07, 6.45) is 3.48. The summed E-state index contributed by atoms with van der Waals surface area (Å²) in [5.41, 5.74) is 0. The van der Waals surface area contributed by atoms with Gasteiger partial charge in [0.05, 0.1) is 0 Å². The topological polar surface area (TPSA) is 29.1 Å². The lowest BCUT2D eigenvalue weighted by atomic mass is 10.2. The third-order valence-corrected chi connectivity index (χ3v) is 2.56. The molecule has 0 heterocycles. The third kappa shape index (κ3) is 5.72. The van der Waals surface area contributed by atoms with Gasteiger partial charge < -0.3 is 5.32 Å². The summed E-state index contributed by atoms with van der Waals surface area (Å²) >= 11 is 7.30. The molecule has 0 bridgehead atoms. The molecule has 0 aliphatic heterocycles. The van der Waals surface area contributed by atoms with Crippen molar-refractivity contribution in [3.05, 3.63) is 0 Å². The van der Waals surface area contributed by atoms with E-state index in [4.69, 9.17) is 11.6 Å². The molecule has 0 saturated heterocycles. The lowest BCUT2D eigenvalue weighted by Crippen LogP contribution is -2.35. The molecule has 4 heteroatoms. The Morgan fingerprint density at radius 3 is 2.75 bits per heavy atom. The monoisotopic (exact) mass is 209 g/mol. The molecule has 2 nitrogen and oxygen atoms in total. The van der Waals surface area contributed by atoms with Gasteiger partial charge >= 0.3 is 0 Å². The second-order valence-corrected chi connectivity index (χ2v) is 3.86. The highest BCUT2D eigenvalue weighted by Gasteiger charge is 2.07. The maximum Gasteiger partial charge on any atom is 0.221 e. The third-order valence-electron chi connectivity index (χ3n) is 1.58. The highest BCUT2D eigenvalue weighted by Crippen LogP contribution is 1.98. The van der Waals surface area contributed by atoms with Crippen LogP contribution in [0.25, 0.3) is 0 Å². The Labute approximate surface area is 83.4 Å². The standard InChI is InChI=1S/C8H16ClNOS/c1-3-7(6-9)10-8(11)4-5-12-2/h7H,3-6H2,1-2H3,(H,10,11). The Hall–Kier alpha value is 0.110. The van der Waals surface area contributed by atoms with Crippen LogP contribution in [0.5, 0.6) is 0 Å². The molecule has 0 aliphatic rings. The van der Waals surface area contributed by atoms with Crippen molar-refractivity contribution in [3.8, 4) is 0 Å². The summed E-state index contributed by atoms with van der Waals surface area (Å²) in [7, 11) is 0. The molecule has 0 aromatic heterocycles. The summed E-state index contributed by atoms with van der Waals surface area (Å²) in [6, 6.07) is 0.140. The minimum atomic E-state index is 0.108. The van der Waals surface area contributed by atoms with Crippen LogP contribution in [0, 0.1) is 0 Å². The van der Waals surface area contributed by atoms with Crippen molar-refractivity contribution < 1.29 is 4.79 Å². The Kier molecular flexibility index (Phi) is 7.81. The van der Waals surface area contributed by atoms with E-state index in [-0.39, 0.29) is 11.9 Å². The molecule has 1 N–H and O–H groups in total. The molecule has 1 amide bonds. The fourth-order valence-corrected chi connectivity index (χ4v) is 1.43. The van der Waals surface area contributed by atoms with Crippen LogP contribution in [-0.4, -0.2) is 29.8 Å². The van der Waals surface area contributed by atoms with Crippen LogP contribution in [0.4, 0.5) is 0 Å². The minimum absolute atomic E-state index is 0.108. The Balaban J connectivity index is 3.52. The zero-order valence-corrected chi connectivity index (χ0v) is 9.17. The van der Waals surface area contributed by atoms with Crippen molar-refractivity contribution in [2.45, 2.75) is 25.8 Å². The lowest BCUT2D eigenvalue weighted by Gasteiger charge is -2.12. The van der Waals surface area contributed by atoms with E-state index >= 15 is 0 Å². The number of rotatable bonds is 6. The molecule has 1 unspecified atom stereocenters. The smallest absolute Gasteiger partial charge is 0.221 e. The quantitative estimate of drug-likeness (QED) is 0.677. The van der Waals surface area contributed by atoms with Crippen molar-refractivity contribution in [1.29, 1.82) is 0 Å². The number of hydrogen-bond acceptors (Lipinski definition) is 2. The molecule has 0 spiro atoms. The van der Waals surface area contributed by atoms with Gasteiger partial charge in [0.1, 0.15) is 0 Å². The number of carbonyl (C=O) groups is 1. The SMILES string of the molecule is CCC(CCl)NC(=O)CCSC. The average molecular weight is 210 g/mol. The van der Waals surface area contributed by atoms with E-state index in [1.54, 1.807) is 11.8 Å². The van der Waals surface area contributed by atoms with Crippen LogP contribution < -0.4 is 5.32 Å². The van der Waals surface area contributed by atoms with Gasteiger partial charge in [-0.05, 0) is 12.7 Å². The number of carbonyl (C=O) groups excluding carboxylic acids is 1. The molecule has 0 aromatic rings. The Morgan fingerprint density at radius 1 is 1.67 bits per heavy atom. The van der Waals surface area contributed by atoms with Gasteiger partial charge in [-0.2, -0.15) is 11.8 Å². The van der Waals surface area contributed by atoms with E-state index in [1.165, 1.54) is 0 Å². The van der Waals surface area contributed by atoms with Crippen molar-refractivity contribution in [2.24, 2.45) is 0 Å². The summed E-state index contributed by atoms with van der Waals surface area (Å²) < 4.78 is 0. The van der Waals surface area contributed by atoms with Crippen molar-refractivity contribution in [3.63, 3.8) is 0 Å². The van der Waals surface area contributed by atoms with Crippen LogP contribution >= 0.6 is 23.4 Å². The van der Waals surface area contributed by atoms with Gasteiger partial charge in [0.25, 0.3) is 0 Å². The molecule has 1 atom stereocenters. The van der Waals surface area contributed by atoms with E-state index in [0.29, 0.717) is 12.3 Å². The van der Waals surface area contributed by atoms with E-state index in [0.717, 1.165) is 12.2 Å². The summed E-state index contributed by atoms with van der Waals surface area (Å²) in [5.74, 6) is 1.49. The molecular weight excluding hydrogens is 194 g/mol. The lowest BCUT2D eigenvalue weighted by molar-refractivity contribution is -0.121. The van der Waals surface area contributed by atoms with Crippen LogP contribution in [0.15, 0.2) is 0 Å². The largest absolute Gasteiger partial charge is 0.352 e. The zero-order chi connectivity index (χ0) is 9.40. The van der Waals surface area contributed by atoms with Gasteiger partial charge in [0.2, 0.25) is 5.91 Å². The number of alkyl halides is 1. The summed E-state index contributed by atoms with van der Waals surface area (Å²) in [5, 5.41) is 2.87. The van der Waals surface area contributed by atoms with Crippen LogP contribution in [0.3, 0.4) is 0 Å². The van der Waals surface area contributed by atoms with E-state index in [2.05, 4.69) is 5.32 Å². The maximum atomic E-state index is 11.1. The minimum Gasteiger partial charge on any atom is -0.352 e. The first kappa shape index (κ1) is 12.1. The van der Waals surface area contributed by atoms with Crippen molar-refractivity contribution in [2.75, 3.05) is 17.9 Å². The molecule has 12 heavy (non-hydrogen) atoms. The predicted octanol–water partition coefficient (Wildman–Crippen LogP) is 1.87. The van der Waals surface area contributed by atoms with Gasteiger partial charge in [0.15, 0.2) is 0 Å². The fraction of sp³-hybridized carbons (Fsp3) is 0.875. The first-order chi connectivity index (χ1) is 5.74. The molecule has 0 radical (unpaired) electrons. The molecule has 0 aliphatic carbocycles. The molecule has 0 rings (SSSR count). The molecule has 0 fully saturated rings. The second-order valence-electron chi connectivity index (χ2n) is 2.57. The average Bonchev–Trinajstić information content (AvgIpc) is 2.10. The van der Waals surface area contributed by atoms with E-state index in [9.17, 15) is 4.79 Å². The first-order valence-electron chi connectivity index (χ1n) is 4.08. The number of hydrogen-bond donors (Lipinski definition) is 1.